The van der Waals surface area contributed by atoms with E-state index in [1.165, 1.54) is 27.3 Å². The zero-order chi connectivity index (χ0) is 22.7. The standard InChI is InChI=1S/C29H26N2PS.BrH/c1-24-29(32(33,26-17-7-3-8-18-26)27-19-9-4-10-20-27)31-22-12-11-21-28(31)30(24)23-13-16-25-14-5-2-6-15-25;/h2-22H,23H2,1H3;1H/q+1;/p-1/b16-13+;. The fraction of sp³-hybridized carbons (Fsp3) is 0.0690. The molecule has 0 bridgehead atoms. The van der Waals surface area contributed by atoms with Gasteiger partial charge in [0.05, 0.1) is 12.2 Å². The van der Waals surface area contributed by atoms with Gasteiger partial charge in [0.15, 0.2) is 5.44 Å². The molecule has 0 unspecified atom stereocenters. The Hall–Kier alpha value is -2.78. The van der Waals surface area contributed by atoms with Gasteiger partial charge < -0.3 is 17.0 Å². The molecule has 0 aliphatic carbocycles. The van der Waals surface area contributed by atoms with Crippen LogP contribution in [0.15, 0.2) is 121 Å². The van der Waals surface area contributed by atoms with Crippen LogP contribution in [0.25, 0.3) is 11.7 Å². The molecule has 0 atom stereocenters. The average Bonchev–Trinajstić information content (AvgIpc) is 3.17. The van der Waals surface area contributed by atoms with Crippen molar-refractivity contribution < 1.29 is 21.4 Å². The predicted molar refractivity (Wildman–Crippen MR) is 144 cm³/mol. The fourth-order valence-electron chi connectivity index (χ4n) is 4.44. The van der Waals surface area contributed by atoms with Crippen molar-refractivity contribution in [3.63, 3.8) is 0 Å². The first-order chi connectivity index (χ1) is 16.2. The molecule has 2 heterocycles. The summed E-state index contributed by atoms with van der Waals surface area (Å²) in [6, 6.07) is 35.8. The summed E-state index contributed by atoms with van der Waals surface area (Å²) in [5.74, 6) is 0. The molecule has 5 rings (SSSR count). The molecule has 34 heavy (non-hydrogen) atoms. The van der Waals surface area contributed by atoms with Gasteiger partial charge >= 0.3 is 0 Å². The molecule has 2 aromatic heterocycles. The Bertz CT molecular complexity index is 1420. The topological polar surface area (TPSA) is 9.03 Å². The van der Waals surface area contributed by atoms with Gasteiger partial charge in [0, 0.05) is 13.0 Å². The second-order valence-corrected chi connectivity index (χ2v) is 12.4. The maximum atomic E-state index is 6.68. The molecular weight excluding hydrogens is 519 g/mol. The van der Waals surface area contributed by atoms with Crippen molar-refractivity contribution in [1.29, 1.82) is 0 Å². The lowest BCUT2D eigenvalue weighted by Gasteiger charge is -2.21. The van der Waals surface area contributed by atoms with Gasteiger partial charge in [-0.25, -0.2) is 4.57 Å². The van der Waals surface area contributed by atoms with Crippen LogP contribution in [-0.4, -0.2) is 4.57 Å². The molecule has 0 radical (unpaired) electrons. The largest absolute Gasteiger partial charge is 1.00 e. The SMILES string of the molecule is Cc1c(P(=S)(c2ccccc2)c2ccccc2)[n+]2ccccc2n1C/C=C/c1ccccc1.[Br-]. The van der Waals surface area contributed by atoms with Gasteiger partial charge in [0.1, 0.15) is 12.2 Å². The van der Waals surface area contributed by atoms with Crippen molar-refractivity contribution in [3.8, 4) is 0 Å². The monoisotopic (exact) mass is 544 g/mol. The highest BCUT2D eigenvalue weighted by Crippen LogP contribution is 2.42. The third-order valence-corrected chi connectivity index (χ3v) is 11.0. The number of hydrogen-bond donors (Lipinski definition) is 0. The molecule has 170 valence electrons. The number of allylic oxidation sites excluding steroid dienone is 1. The molecule has 0 N–H and O–H groups in total. The van der Waals surface area contributed by atoms with Gasteiger partial charge in [-0.3, -0.25) is 0 Å². The van der Waals surface area contributed by atoms with Crippen molar-refractivity contribution in [2.45, 2.75) is 13.5 Å². The van der Waals surface area contributed by atoms with E-state index < -0.39 is 6.04 Å². The van der Waals surface area contributed by atoms with E-state index in [0.29, 0.717) is 0 Å². The second-order valence-electron chi connectivity index (χ2n) is 8.04. The van der Waals surface area contributed by atoms with Crippen LogP contribution in [0.5, 0.6) is 0 Å². The molecule has 0 aliphatic rings. The number of imidazole rings is 1. The Morgan fingerprint density at radius 3 is 1.88 bits per heavy atom. The van der Waals surface area contributed by atoms with Crippen molar-refractivity contribution in [2.24, 2.45) is 0 Å². The number of hydrogen-bond acceptors (Lipinski definition) is 1. The molecule has 0 fully saturated rings. The smallest absolute Gasteiger partial charge is 0.287 e. The van der Waals surface area contributed by atoms with Crippen LogP contribution in [0.4, 0.5) is 0 Å². The minimum Gasteiger partial charge on any atom is -1.00 e. The zero-order valence-corrected chi connectivity index (χ0v) is 22.3. The van der Waals surface area contributed by atoms with Crippen molar-refractivity contribution in [1.82, 2.24) is 4.57 Å². The highest BCUT2D eigenvalue weighted by atomic mass is 79.9. The van der Waals surface area contributed by atoms with Gasteiger partial charge in [-0.05, 0) is 28.3 Å². The van der Waals surface area contributed by atoms with Gasteiger partial charge in [0.2, 0.25) is 0 Å². The summed E-state index contributed by atoms with van der Waals surface area (Å²) in [6.45, 7) is 3.00. The number of benzene rings is 3. The average molecular weight is 545 g/mol. The third kappa shape index (κ3) is 4.46. The molecular formula is C29H26BrN2PS. The molecule has 0 spiro atoms. The second kappa shape index (κ2) is 10.7. The highest BCUT2D eigenvalue weighted by molar-refractivity contribution is 8.25. The summed E-state index contributed by atoms with van der Waals surface area (Å²) in [4.78, 5) is 0. The van der Waals surface area contributed by atoms with Crippen LogP contribution in [0, 0.1) is 6.92 Å². The zero-order valence-electron chi connectivity index (χ0n) is 19.0. The van der Waals surface area contributed by atoms with E-state index in [2.05, 4.69) is 137 Å². The molecule has 0 saturated heterocycles. The first-order valence-corrected chi connectivity index (χ1v) is 13.9. The van der Waals surface area contributed by atoms with Crippen LogP contribution >= 0.6 is 6.04 Å². The van der Waals surface area contributed by atoms with Crippen molar-refractivity contribution in [3.05, 3.63) is 133 Å². The number of rotatable bonds is 6. The lowest BCUT2D eigenvalue weighted by atomic mass is 10.2. The minimum atomic E-state index is -2.28. The maximum Gasteiger partial charge on any atom is 0.287 e. The molecule has 2 nitrogen and oxygen atoms in total. The Balaban J connectivity index is 0.00000274. The summed E-state index contributed by atoms with van der Waals surface area (Å²) < 4.78 is 4.69. The summed E-state index contributed by atoms with van der Waals surface area (Å²) in [5, 5.41) is 2.43. The van der Waals surface area contributed by atoms with E-state index in [-0.39, 0.29) is 17.0 Å². The molecule has 5 aromatic rings. The van der Waals surface area contributed by atoms with Crippen LogP contribution in [-0.2, 0) is 18.4 Å². The quantitative estimate of drug-likeness (QED) is 0.235. The summed E-state index contributed by atoms with van der Waals surface area (Å²) in [7, 11) is 0. The maximum absolute atomic E-state index is 6.68. The summed E-state index contributed by atoms with van der Waals surface area (Å²) in [6.07, 6.45) is 6.57. The lowest BCUT2D eigenvalue weighted by molar-refractivity contribution is -0.490. The van der Waals surface area contributed by atoms with Crippen LogP contribution in [0.1, 0.15) is 11.3 Å². The van der Waals surface area contributed by atoms with Crippen molar-refractivity contribution in [2.75, 3.05) is 0 Å². The minimum absolute atomic E-state index is 0. The first-order valence-electron chi connectivity index (χ1n) is 11.1. The fourth-order valence-corrected chi connectivity index (χ4v) is 8.85. The normalized spacial score (nSPS) is 11.6. The van der Waals surface area contributed by atoms with Gasteiger partial charge in [0.25, 0.3) is 5.65 Å². The van der Waals surface area contributed by atoms with Crippen LogP contribution < -0.4 is 37.4 Å². The van der Waals surface area contributed by atoms with E-state index >= 15 is 0 Å². The number of aromatic nitrogens is 2. The molecule has 5 heteroatoms. The van der Waals surface area contributed by atoms with Gasteiger partial charge in [-0.15, -0.1) is 0 Å². The number of halogens is 1. The lowest BCUT2D eigenvalue weighted by Crippen LogP contribution is -3.00. The molecule has 0 aliphatic heterocycles. The number of nitrogens with zero attached hydrogens (tertiary/aromatic N) is 2. The Morgan fingerprint density at radius 2 is 1.29 bits per heavy atom. The Kier molecular flexibility index (Phi) is 7.63. The van der Waals surface area contributed by atoms with E-state index in [1.54, 1.807) is 0 Å². The van der Waals surface area contributed by atoms with E-state index in [0.717, 1.165) is 12.2 Å². The summed E-state index contributed by atoms with van der Waals surface area (Å²) >= 11 is 6.68. The number of fused-ring (bicyclic) bond motifs is 1. The molecule has 0 amide bonds. The molecule has 0 saturated carbocycles. The van der Waals surface area contributed by atoms with Crippen LogP contribution in [0.2, 0.25) is 0 Å². The Labute approximate surface area is 217 Å². The van der Waals surface area contributed by atoms with E-state index in [9.17, 15) is 0 Å². The number of pyridine rings is 1. The van der Waals surface area contributed by atoms with Gasteiger partial charge in [-0.1, -0.05) is 115 Å². The highest BCUT2D eigenvalue weighted by Gasteiger charge is 2.36. The van der Waals surface area contributed by atoms with E-state index in [4.69, 9.17) is 11.8 Å². The Morgan fingerprint density at radius 1 is 0.765 bits per heavy atom. The molecule has 3 aromatic carbocycles. The summed E-state index contributed by atoms with van der Waals surface area (Å²) in [5.41, 5.74) is 4.80. The van der Waals surface area contributed by atoms with E-state index in [1.807, 2.05) is 6.07 Å². The first kappa shape index (κ1) is 24.3. The van der Waals surface area contributed by atoms with Gasteiger partial charge in [-0.2, -0.15) is 4.40 Å². The van der Waals surface area contributed by atoms with Crippen molar-refractivity contribution >= 4 is 45.6 Å². The predicted octanol–water partition coefficient (Wildman–Crippen LogP) is 2.01. The third-order valence-electron chi connectivity index (χ3n) is 6.01. The van der Waals surface area contributed by atoms with Crippen LogP contribution in [0.3, 0.4) is 0 Å².